The molecule has 0 unspecified atom stereocenters. The molecule has 20 heavy (non-hydrogen) atoms. The van der Waals surface area contributed by atoms with Crippen molar-refractivity contribution in [1.82, 2.24) is 4.98 Å². The van der Waals surface area contributed by atoms with Crippen LogP contribution >= 0.6 is 23.2 Å². The number of hydrogen-bond donors (Lipinski definition) is 1. The largest absolute Gasteiger partial charge is 0.437 e. The summed E-state index contributed by atoms with van der Waals surface area (Å²) in [6.07, 6.45) is 0. The number of aromatic nitrogens is 1. The third kappa shape index (κ3) is 2.93. The second kappa shape index (κ2) is 5.95. The molecule has 1 heterocycles. The standard InChI is InChI=1S/C13H8Cl2FN3O/c1-18-12-9(14)5-10(15)13(19-12)20-8-3-2-7(6-17)11(16)4-8/h2-5H,1H3,(H,18,19). The van der Waals surface area contributed by atoms with Crippen molar-refractivity contribution in [3.8, 4) is 17.7 Å². The maximum absolute atomic E-state index is 13.5. The van der Waals surface area contributed by atoms with E-state index in [-0.39, 0.29) is 22.2 Å². The fraction of sp³-hybridized carbons (Fsp3) is 0.0769. The SMILES string of the molecule is CNc1nc(Oc2ccc(C#N)c(F)c2)c(Cl)cc1Cl. The van der Waals surface area contributed by atoms with Crippen molar-refractivity contribution in [2.45, 2.75) is 0 Å². The maximum atomic E-state index is 13.5. The van der Waals surface area contributed by atoms with Crippen LogP contribution in [0.5, 0.6) is 11.6 Å². The molecule has 0 saturated heterocycles. The summed E-state index contributed by atoms with van der Waals surface area (Å²) in [5.41, 5.74) is -0.0663. The molecule has 0 aliphatic rings. The molecule has 0 saturated carbocycles. The molecule has 2 aromatic rings. The Hall–Kier alpha value is -2.03. The first-order valence-corrected chi connectivity index (χ1v) is 6.22. The van der Waals surface area contributed by atoms with Crippen LogP contribution in [0.25, 0.3) is 0 Å². The number of halogens is 3. The number of nitriles is 1. The van der Waals surface area contributed by atoms with Gasteiger partial charge in [0.1, 0.15) is 28.5 Å². The lowest BCUT2D eigenvalue weighted by Gasteiger charge is -2.10. The molecule has 0 radical (unpaired) electrons. The molecule has 4 nitrogen and oxygen atoms in total. The van der Waals surface area contributed by atoms with Crippen LogP contribution in [0, 0.1) is 17.1 Å². The molecule has 0 amide bonds. The van der Waals surface area contributed by atoms with Gasteiger partial charge in [-0.05, 0) is 18.2 Å². The molecule has 0 bridgehead atoms. The van der Waals surface area contributed by atoms with Gasteiger partial charge in [0.2, 0.25) is 5.88 Å². The third-order valence-corrected chi connectivity index (χ3v) is 2.97. The van der Waals surface area contributed by atoms with Gasteiger partial charge in [-0.3, -0.25) is 0 Å². The Kier molecular flexibility index (Phi) is 4.28. The number of nitrogens with one attached hydrogen (secondary N) is 1. The number of benzene rings is 1. The van der Waals surface area contributed by atoms with Crippen molar-refractivity contribution in [3.05, 3.63) is 45.7 Å². The summed E-state index contributed by atoms with van der Waals surface area (Å²) in [7, 11) is 1.65. The summed E-state index contributed by atoms with van der Waals surface area (Å²) in [6.45, 7) is 0. The zero-order valence-corrected chi connectivity index (χ0v) is 11.8. The first-order valence-electron chi connectivity index (χ1n) is 5.46. The molecule has 102 valence electrons. The van der Waals surface area contributed by atoms with E-state index in [1.165, 1.54) is 18.2 Å². The summed E-state index contributed by atoms with van der Waals surface area (Å²) in [5.74, 6) is -0.0195. The summed E-state index contributed by atoms with van der Waals surface area (Å²) in [4.78, 5) is 4.07. The Morgan fingerprint density at radius 1 is 1.30 bits per heavy atom. The van der Waals surface area contributed by atoms with Crippen LogP contribution in [0.2, 0.25) is 10.0 Å². The molecule has 7 heteroatoms. The Bertz CT molecular complexity index is 701. The molecule has 1 aromatic heterocycles. The van der Waals surface area contributed by atoms with Crippen molar-refractivity contribution in [2.24, 2.45) is 0 Å². The molecule has 0 aliphatic heterocycles. The second-order valence-electron chi connectivity index (χ2n) is 3.71. The van der Waals surface area contributed by atoms with Crippen LogP contribution in [0.3, 0.4) is 0 Å². The van der Waals surface area contributed by atoms with E-state index >= 15 is 0 Å². The third-order valence-electron chi connectivity index (χ3n) is 2.41. The van der Waals surface area contributed by atoms with Crippen molar-refractivity contribution >= 4 is 29.0 Å². The summed E-state index contributed by atoms with van der Waals surface area (Å²) >= 11 is 11.9. The zero-order chi connectivity index (χ0) is 14.7. The highest BCUT2D eigenvalue weighted by Gasteiger charge is 2.12. The van der Waals surface area contributed by atoms with Gasteiger partial charge in [-0.1, -0.05) is 23.2 Å². The van der Waals surface area contributed by atoms with Gasteiger partial charge in [0.15, 0.2) is 0 Å². The average molecular weight is 312 g/mol. The number of hydrogen-bond acceptors (Lipinski definition) is 4. The molecule has 2 rings (SSSR count). The fourth-order valence-electron chi connectivity index (χ4n) is 1.46. The van der Waals surface area contributed by atoms with Crippen LogP contribution in [0.1, 0.15) is 5.56 Å². The Morgan fingerprint density at radius 3 is 2.65 bits per heavy atom. The minimum absolute atomic E-state index is 0.0663. The van der Waals surface area contributed by atoms with E-state index in [4.69, 9.17) is 33.2 Å². The van der Waals surface area contributed by atoms with Gasteiger partial charge in [-0.25, -0.2) is 4.39 Å². The summed E-state index contributed by atoms with van der Waals surface area (Å²) in [5, 5.41) is 12.0. The van der Waals surface area contributed by atoms with Gasteiger partial charge in [0.25, 0.3) is 0 Å². The molecule has 0 atom stereocenters. The molecule has 1 aromatic carbocycles. The molecular formula is C13H8Cl2FN3O. The van der Waals surface area contributed by atoms with E-state index in [2.05, 4.69) is 10.3 Å². The van der Waals surface area contributed by atoms with E-state index < -0.39 is 5.82 Å². The lowest BCUT2D eigenvalue weighted by atomic mass is 10.2. The predicted octanol–water partition coefficient (Wildman–Crippen LogP) is 4.23. The van der Waals surface area contributed by atoms with Gasteiger partial charge < -0.3 is 10.1 Å². The molecule has 0 spiro atoms. The number of rotatable bonds is 3. The highest BCUT2D eigenvalue weighted by atomic mass is 35.5. The molecular weight excluding hydrogens is 304 g/mol. The highest BCUT2D eigenvalue weighted by molar-refractivity contribution is 6.36. The first-order chi connectivity index (χ1) is 9.55. The van der Waals surface area contributed by atoms with Gasteiger partial charge in [0.05, 0.1) is 10.6 Å². The predicted molar refractivity (Wildman–Crippen MR) is 75.0 cm³/mol. The van der Waals surface area contributed by atoms with Gasteiger partial charge in [0, 0.05) is 13.1 Å². The van der Waals surface area contributed by atoms with Crippen molar-refractivity contribution in [2.75, 3.05) is 12.4 Å². The van der Waals surface area contributed by atoms with Crippen molar-refractivity contribution < 1.29 is 9.13 Å². The van der Waals surface area contributed by atoms with Crippen molar-refractivity contribution in [1.29, 1.82) is 5.26 Å². The van der Waals surface area contributed by atoms with E-state index in [1.54, 1.807) is 13.1 Å². The van der Waals surface area contributed by atoms with Crippen LogP contribution in [-0.2, 0) is 0 Å². The first kappa shape index (κ1) is 14.4. The van der Waals surface area contributed by atoms with Crippen LogP contribution in [0.15, 0.2) is 24.3 Å². The lowest BCUT2D eigenvalue weighted by molar-refractivity contribution is 0.459. The topological polar surface area (TPSA) is 57.9 Å². The Balaban J connectivity index is 2.35. The number of ether oxygens (including phenoxy) is 1. The van der Waals surface area contributed by atoms with Gasteiger partial charge >= 0.3 is 0 Å². The Morgan fingerprint density at radius 2 is 2.05 bits per heavy atom. The minimum atomic E-state index is -0.677. The van der Waals surface area contributed by atoms with Gasteiger partial charge in [-0.15, -0.1) is 0 Å². The minimum Gasteiger partial charge on any atom is -0.437 e. The molecule has 1 N–H and O–H groups in total. The zero-order valence-electron chi connectivity index (χ0n) is 10.2. The lowest BCUT2D eigenvalue weighted by Crippen LogP contribution is -1.97. The van der Waals surface area contributed by atoms with E-state index in [9.17, 15) is 4.39 Å². The molecule has 0 fully saturated rings. The smallest absolute Gasteiger partial charge is 0.240 e. The molecule has 0 aliphatic carbocycles. The number of nitrogens with zero attached hydrogens (tertiary/aromatic N) is 2. The number of pyridine rings is 1. The fourth-order valence-corrected chi connectivity index (χ4v) is 1.95. The number of anilines is 1. The van der Waals surface area contributed by atoms with Crippen molar-refractivity contribution in [3.63, 3.8) is 0 Å². The maximum Gasteiger partial charge on any atom is 0.240 e. The van der Waals surface area contributed by atoms with E-state index in [0.717, 1.165) is 6.07 Å². The normalized spacial score (nSPS) is 9.95. The summed E-state index contributed by atoms with van der Waals surface area (Å²) in [6, 6.07) is 7.05. The monoisotopic (exact) mass is 311 g/mol. The summed E-state index contributed by atoms with van der Waals surface area (Å²) < 4.78 is 18.9. The highest BCUT2D eigenvalue weighted by Crippen LogP contribution is 2.33. The quantitative estimate of drug-likeness (QED) is 0.921. The second-order valence-corrected chi connectivity index (χ2v) is 4.53. The van der Waals surface area contributed by atoms with Gasteiger partial charge in [-0.2, -0.15) is 10.2 Å². The van der Waals surface area contributed by atoms with E-state index in [0.29, 0.717) is 10.8 Å². The van der Waals surface area contributed by atoms with Crippen LogP contribution in [-0.4, -0.2) is 12.0 Å². The van der Waals surface area contributed by atoms with E-state index in [1.807, 2.05) is 0 Å². The Labute approximate surface area is 124 Å². The van der Waals surface area contributed by atoms with Crippen LogP contribution in [0.4, 0.5) is 10.2 Å². The average Bonchev–Trinajstić information content (AvgIpc) is 2.42. The van der Waals surface area contributed by atoms with Crippen LogP contribution < -0.4 is 10.1 Å².